The van der Waals surface area contributed by atoms with Crippen molar-refractivity contribution in [3.63, 3.8) is 0 Å². The molecular weight excluding hydrogens is 591 g/mol. The average Bonchev–Trinajstić information content (AvgIpc) is 2.88. The maximum absolute atomic E-state index is 13.9. The van der Waals surface area contributed by atoms with E-state index in [0.29, 0.717) is 18.2 Å². The van der Waals surface area contributed by atoms with Gasteiger partial charge in [-0.1, -0.05) is 0 Å². The summed E-state index contributed by atoms with van der Waals surface area (Å²) in [5, 5.41) is 0. The van der Waals surface area contributed by atoms with Crippen molar-refractivity contribution in [1.82, 2.24) is 4.90 Å². The molecule has 0 N–H and O–H groups in total. The predicted octanol–water partition coefficient (Wildman–Crippen LogP) is 7.82. The van der Waals surface area contributed by atoms with Crippen LogP contribution in [0.15, 0.2) is 30.3 Å². The van der Waals surface area contributed by atoms with E-state index < -0.39 is 77.3 Å². The van der Waals surface area contributed by atoms with Crippen LogP contribution in [0.4, 0.5) is 54.8 Å². The Morgan fingerprint density at radius 2 is 1.48 bits per heavy atom. The molecule has 0 aliphatic carbocycles. The Morgan fingerprint density at radius 3 is 1.93 bits per heavy atom. The van der Waals surface area contributed by atoms with E-state index in [9.17, 15) is 49.1 Å². The second-order valence-electron chi connectivity index (χ2n) is 9.29. The highest BCUT2D eigenvalue weighted by Crippen LogP contribution is 2.48. The first-order valence-electron chi connectivity index (χ1n) is 12.2. The lowest BCUT2D eigenvalue weighted by Crippen LogP contribution is -2.47. The minimum Gasteiger partial charge on any atom is -0.496 e. The number of anilines is 1. The summed E-state index contributed by atoms with van der Waals surface area (Å²) in [4.78, 5) is 27.4. The fourth-order valence-electron chi connectivity index (χ4n) is 4.74. The van der Waals surface area contributed by atoms with Crippen LogP contribution < -0.4 is 9.64 Å². The van der Waals surface area contributed by atoms with Crippen LogP contribution in [-0.2, 0) is 34.5 Å². The molecule has 42 heavy (non-hydrogen) atoms. The van der Waals surface area contributed by atoms with Gasteiger partial charge in [-0.25, -0.2) is 9.59 Å². The highest BCUT2D eigenvalue weighted by Gasteiger charge is 2.44. The van der Waals surface area contributed by atoms with E-state index in [2.05, 4.69) is 0 Å². The van der Waals surface area contributed by atoms with Crippen molar-refractivity contribution < 1.29 is 63.3 Å². The smallest absolute Gasteiger partial charge is 0.420 e. The first-order valence-corrected chi connectivity index (χ1v) is 12.2. The molecule has 232 valence electrons. The van der Waals surface area contributed by atoms with Gasteiger partial charge in [0.15, 0.2) is 0 Å². The number of fused-ring (bicyclic) bond motifs is 1. The Labute approximate surface area is 233 Å². The van der Waals surface area contributed by atoms with E-state index >= 15 is 0 Å². The maximum atomic E-state index is 13.9. The summed E-state index contributed by atoms with van der Waals surface area (Å²) in [7, 11) is 1.86. The number of benzene rings is 2. The van der Waals surface area contributed by atoms with Crippen molar-refractivity contribution in [3.8, 4) is 5.75 Å². The number of amides is 2. The molecule has 1 heterocycles. The molecule has 2 aromatic rings. The second-order valence-corrected chi connectivity index (χ2v) is 9.29. The third kappa shape index (κ3) is 6.78. The zero-order chi connectivity index (χ0) is 31.8. The summed E-state index contributed by atoms with van der Waals surface area (Å²) in [6.07, 6.45) is -17.7. The van der Waals surface area contributed by atoms with Crippen LogP contribution >= 0.6 is 0 Å². The molecule has 3 rings (SSSR count). The Balaban J connectivity index is 2.26. The van der Waals surface area contributed by atoms with Gasteiger partial charge in [0.2, 0.25) is 0 Å². The van der Waals surface area contributed by atoms with Crippen molar-refractivity contribution in [2.24, 2.45) is 0 Å². The summed E-state index contributed by atoms with van der Waals surface area (Å²) in [5.41, 5.74) is -5.57. The highest BCUT2D eigenvalue weighted by molar-refractivity contribution is 5.91. The number of rotatable bonds is 5. The largest absolute Gasteiger partial charge is 0.496 e. The van der Waals surface area contributed by atoms with E-state index in [0.717, 1.165) is 30.1 Å². The van der Waals surface area contributed by atoms with Crippen molar-refractivity contribution in [3.05, 3.63) is 58.1 Å². The molecule has 0 spiro atoms. The van der Waals surface area contributed by atoms with Crippen LogP contribution in [0.5, 0.6) is 5.75 Å². The molecule has 1 aliphatic heterocycles. The molecule has 0 fully saturated rings. The van der Waals surface area contributed by atoms with Gasteiger partial charge in [-0.2, -0.15) is 39.5 Å². The normalized spacial score (nSPS) is 17.4. The number of nitrogens with zero attached hydrogens (tertiary/aromatic N) is 2. The van der Waals surface area contributed by atoms with Crippen LogP contribution in [-0.4, -0.2) is 44.0 Å². The Morgan fingerprint density at radius 1 is 0.905 bits per heavy atom. The Hall–Kier alpha value is -3.85. The highest BCUT2D eigenvalue weighted by atomic mass is 19.4. The van der Waals surface area contributed by atoms with E-state index in [4.69, 9.17) is 14.2 Å². The number of halogens is 9. The molecule has 7 nitrogen and oxygen atoms in total. The molecule has 0 bridgehead atoms. The molecule has 0 saturated heterocycles. The molecule has 2 aromatic carbocycles. The summed E-state index contributed by atoms with van der Waals surface area (Å²) in [5.74, 6) is -0.701. The lowest BCUT2D eigenvalue weighted by atomic mass is 9.89. The molecule has 0 radical (unpaired) electrons. The van der Waals surface area contributed by atoms with Gasteiger partial charge in [0.25, 0.3) is 0 Å². The maximum Gasteiger partial charge on any atom is 0.420 e. The standard InChI is InChI=1S/C26H25F9N2O5/c1-5-42-23(39)37-13(2)6-19(17-10-21(40-3)18(11-20(17)37)26(33,34)35)36(22(38)41-4)12-14-7-15(24(27,28)29)9-16(8-14)25(30,31)32/h7-11,13,19H,5-6,12H2,1-4H3/t13-,19+/m0/s1. The molecular formula is C26H25F9N2O5. The number of hydrogen-bond donors (Lipinski definition) is 0. The molecule has 1 aliphatic rings. The quantitative estimate of drug-likeness (QED) is 0.321. The van der Waals surface area contributed by atoms with Gasteiger partial charge in [0.1, 0.15) is 5.75 Å². The first kappa shape index (κ1) is 32.7. The van der Waals surface area contributed by atoms with Crippen molar-refractivity contribution in [1.29, 1.82) is 0 Å². The van der Waals surface area contributed by atoms with Crippen LogP contribution in [0.2, 0.25) is 0 Å². The molecule has 2 atom stereocenters. The summed E-state index contributed by atoms with van der Waals surface area (Å²) in [6.45, 7) is 1.90. The van der Waals surface area contributed by atoms with Gasteiger partial charge >= 0.3 is 30.7 Å². The van der Waals surface area contributed by atoms with Crippen LogP contribution in [0.3, 0.4) is 0 Å². The number of hydrogen-bond acceptors (Lipinski definition) is 5. The van der Waals surface area contributed by atoms with Gasteiger partial charge in [0.05, 0.1) is 49.2 Å². The predicted molar refractivity (Wildman–Crippen MR) is 129 cm³/mol. The number of alkyl halides is 9. The molecule has 0 unspecified atom stereocenters. The molecule has 16 heteroatoms. The van der Waals surface area contributed by atoms with Gasteiger partial charge < -0.3 is 14.2 Å². The minimum absolute atomic E-state index is 0.0787. The Bertz CT molecular complexity index is 1290. The molecule has 0 saturated carbocycles. The number of ether oxygens (including phenoxy) is 3. The average molecular weight is 616 g/mol. The minimum atomic E-state index is -5.17. The van der Waals surface area contributed by atoms with Crippen molar-refractivity contribution >= 4 is 17.9 Å². The van der Waals surface area contributed by atoms with E-state index in [1.807, 2.05) is 0 Å². The Kier molecular flexibility index (Phi) is 9.17. The summed E-state index contributed by atoms with van der Waals surface area (Å²) >= 11 is 0. The van der Waals surface area contributed by atoms with Gasteiger partial charge in [-0.15, -0.1) is 0 Å². The van der Waals surface area contributed by atoms with E-state index in [-0.39, 0.29) is 30.3 Å². The lowest BCUT2D eigenvalue weighted by molar-refractivity contribution is -0.143. The first-order chi connectivity index (χ1) is 19.3. The van der Waals surface area contributed by atoms with E-state index in [1.165, 1.54) is 13.8 Å². The third-order valence-corrected chi connectivity index (χ3v) is 6.53. The topological polar surface area (TPSA) is 68.3 Å². The summed E-state index contributed by atoms with van der Waals surface area (Å²) in [6, 6.07) is 0.0562. The van der Waals surface area contributed by atoms with Gasteiger partial charge in [0, 0.05) is 18.2 Å². The number of carbonyl (C=O) groups excluding carboxylic acids is 2. The van der Waals surface area contributed by atoms with Gasteiger partial charge in [-0.05, 0) is 56.2 Å². The number of carbonyl (C=O) groups is 2. The van der Waals surface area contributed by atoms with Crippen LogP contribution in [0.25, 0.3) is 0 Å². The zero-order valence-corrected chi connectivity index (χ0v) is 22.5. The third-order valence-electron chi connectivity index (χ3n) is 6.53. The SMILES string of the molecule is CCOC(=O)N1c2cc(C(F)(F)F)c(OC)cc2[C@H](N(Cc2cc(C(F)(F)F)cc(C(F)(F)F)c2)C(=O)OC)C[C@@H]1C. The van der Waals surface area contributed by atoms with Gasteiger partial charge in [-0.3, -0.25) is 9.80 Å². The fourth-order valence-corrected chi connectivity index (χ4v) is 4.74. The fraction of sp³-hybridized carbons (Fsp3) is 0.462. The zero-order valence-electron chi connectivity index (χ0n) is 22.5. The van der Waals surface area contributed by atoms with Crippen molar-refractivity contribution in [2.45, 2.75) is 57.4 Å². The van der Waals surface area contributed by atoms with Crippen LogP contribution in [0, 0.1) is 0 Å². The second kappa shape index (κ2) is 11.8. The number of methoxy groups -OCH3 is 2. The summed E-state index contributed by atoms with van der Waals surface area (Å²) < 4.78 is 137. The van der Waals surface area contributed by atoms with Crippen molar-refractivity contribution in [2.75, 3.05) is 25.7 Å². The van der Waals surface area contributed by atoms with Crippen LogP contribution in [0.1, 0.15) is 54.1 Å². The molecule has 2 amide bonds. The lowest BCUT2D eigenvalue weighted by Gasteiger charge is -2.43. The molecule has 0 aromatic heterocycles. The van der Waals surface area contributed by atoms with E-state index in [1.54, 1.807) is 0 Å². The monoisotopic (exact) mass is 616 g/mol.